The van der Waals surface area contributed by atoms with Gasteiger partial charge in [-0.15, -0.1) is 0 Å². The van der Waals surface area contributed by atoms with Crippen molar-refractivity contribution in [1.29, 1.82) is 0 Å². The van der Waals surface area contributed by atoms with E-state index in [2.05, 4.69) is 89.4 Å². The average Bonchev–Trinajstić information content (AvgIpc) is 0.861. The molecule has 44 nitrogen and oxygen atoms in total. The van der Waals surface area contributed by atoms with Crippen molar-refractivity contribution < 1.29 is 66.2 Å². The summed E-state index contributed by atoms with van der Waals surface area (Å²) in [4.78, 5) is 172. The number of hydrogen-bond donors (Lipinski definition) is 26. The molecular weight excluding hydrogens is 1610 g/mol. The number of nitrogens with zero attached hydrogens (tertiary/aromatic N) is 8. The Kier molecular flexibility index (Phi) is 65.9. The monoisotopic (exact) mass is 1760 g/mol. The number of carbonyl (C=O) groups excluding carboxylic acids is 9. The van der Waals surface area contributed by atoms with Crippen LogP contribution in [0.5, 0.6) is 0 Å². The van der Waals surface area contributed by atoms with E-state index in [9.17, 15) is 41.9 Å². The maximum atomic E-state index is 15.1. The van der Waals surface area contributed by atoms with E-state index in [0.717, 1.165) is 25.7 Å². The van der Waals surface area contributed by atoms with Gasteiger partial charge in [0.25, 0.3) is 0 Å². The molecule has 0 radical (unpaired) electrons. The molecule has 0 aromatic rings. The number of nitrogens with two attached hydrogens (primary N) is 17. The number of alkyl halides is 3. The van der Waals surface area contributed by atoms with Crippen molar-refractivity contribution in [1.82, 2.24) is 42.5 Å². The Labute approximate surface area is 720 Å². The Morgan fingerprint density at radius 3 is 0.561 bits per heavy atom. The second-order valence-corrected chi connectivity index (χ2v) is 29.9. The third-order valence-electron chi connectivity index (χ3n) is 18.9. The first kappa shape index (κ1) is 114. The Morgan fingerprint density at radius 2 is 0.398 bits per heavy atom. The van der Waals surface area contributed by atoms with E-state index in [-0.39, 0.29) is 196 Å². The zero-order valence-electron chi connectivity index (χ0n) is 72.1. The number of primary amides is 1. The van der Waals surface area contributed by atoms with Crippen LogP contribution in [-0.2, 0) is 47.9 Å². The number of rotatable bonds is 72. The van der Waals surface area contributed by atoms with Crippen LogP contribution in [-0.4, -0.2) is 219 Å². The Balaban J connectivity index is 0. The first-order chi connectivity index (χ1) is 58.3. The highest BCUT2D eigenvalue weighted by atomic mass is 19.4. The van der Waals surface area contributed by atoms with Crippen molar-refractivity contribution in [2.75, 3.05) is 52.4 Å². The summed E-state index contributed by atoms with van der Waals surface area (Å²) in [5.74, 6) is -10.8. The lowest BCUT2D eigenvalue weighted by Gasteiger charge is -2.28. The van der Waals surface area contributed by atoms with Crippen molar-refractivity contribution >= 4 is 107 Å². The van der Waals surface area contributed by atoms with Gasteiger partial charge in [-0.2, -0.15) is 13.2 Å². The maximum Gasteiger partial charge on any atom is 0.490 e. The van der Waals surface area contributed by atoms with E-state index in [1.807, 2.05) is 0 Å². The van der Waals surface area contributed by atoms with Crippen LogP contribution in [0.1, 0.15) is 264 Å². The molecule has 43 N–H and O–H groups in total. The molecule has 0 aromatic carbocycles. The number of nitrogens with one attached hydrogen (secondary N) is 8. The normalized spacial score (nSPS) is 12.8. The topological polar surface area (TPSA) is 828 Å². The molecule has 9 amide bonds. The predicted octanol–water partition coefficient (Wildman–Crippen LogP) is -2.21. The molecule has 123 heavy (non-hydrogen) atoms. The van der Waals surface area contributed by atoms with Crippen molar-refractivity contribution in [2.45, 2.75) is 318 Å². The van der Waals surface area contributed by atoms with E-state index >= 15 is 14.4 Å². The second kappa shape index (κ2) is 71.2. The fourth-order valence-electron chi connectivity index (χ4n) is 12.3. The van der Waals surface area contributed by atoms with Gasteiger partial charge in [-0.25, -0.2) is 4.79 Å². The number of hydrogen-bond acceptors (Lipinski definition) is 18. The zero-order chi connectivity index (χ0) is 92.8. The number of carboxylic acid groups (broad SMARTS) is 1. The van der Waals surface area contributed by atoms with Crippen LogP contribution in [0.15, 0.2) is 39.9 Å². The molecule has 0 saturated carbocycles. The number of aliphatic carboxylic acids is 1. The molecule has 0 aliphatic heterocycles. The Hall–Kier alpha value is -11.3. The fourth-order valence-corrected chi connectivity index (χ4v) is 12.3. The third kappa shape index (κ3) is 67.0. The lowest BCUT2D eigenvalue weighted by Crippen LogP contribution is -2.60. The summed E-state index contributed by atoms with van der Waals surface area (Å²) in [6, 6.07) is -10.6. The summed E-state index contributed by atoms with van der Waals surface area (Å²) >= 11 is 0. The van der Waals surface area contributed by atoms with E-state index in [1.54, 1.807) is 0 Å². The molecule has 8 atom stereocenters. The first-order valence-electron chi connectivity index (χ1n) is 42.8. The molecule has 0 heterocycles. The van der Waals surface area contributed by atoms with Crippen molar-refractivity contribution in [3.05, 3.63) is 0 Å². The molecular formula is C76H150F3N33O11. The van der Waals surface area contributed by atoms with E-state index in [0.29, 0.717) is 77.0 Å². The molecule has 0 fully saturated rings. The van der Waals surface area contributed by atoms with Crippen molar-refractivity contribution in [3.63, 3.8) is 0 Å². The molecule has 0 bridgehead atoms. The van der Waals surface area contributed by atoms with Gasteiger partial charge in [0.1, 0.15) is 48.3 Å². The van der Waals surface area contributed by atoms with Crippen LogP contribution in [0.25, 0.3) is 0 Å². The molecule has 0 aliphatic carbocycles. The highest BCUT2D eigenvalue weighted by Gasteiger charge is 2.39. The molecule has 47 heteroatoms. The van der Waals surface area contributed by atoms with Crippen LogP contribution in [0.3, 0.4) is 0 Å². The van der Waals surface area contributed by atoms with Crippen LogP contribution in [0.4, 0.5) is 13.2 Å². The van der Waals surface area contributed by atoms with Crippen LogP contribution in [0, 0.1) is 0 Å². The van der Waals surface area contributed by atoms with E-state index in [4.69, 9.17) is 107 Å². The molecule has 0 saturated heterocycles. The standard InChI is InChI=1S/C74H149N33O9.C2HF3O2/c1-2-3-4-5-6-7-8-9-10-11-12-13-14-15-16-41-58(108)100-51(34-18-26-43-93-68(78)79)60(110)102-53(36-20-28-45-95-70(82)83)62(112)104-55(38-22-30-47-97-72(86)87)64(114)106-57(40-24-32-49-99-74(90)91)66(116)107-56(39-23-31-48-98-73(88)89)65(115)105-54(37-21-29-46-96-71(84)85)63(113)103-52(35-19-27-44-94-69(80)81)61(111)101-50(59(75)109)33-17-25-42-92-67(76)77;3-2(4,5)1(6)7/h50-57H,2-49H2,1H3,(H2,75,109)(H,100,108)(H,101,111)(H,102,110)(H,103,113)(H,104,112)(H,105,115)(H,106,114)(H,107,116)(H4,76,77,92)(H4,78,79,93)(H4,80,81,94)(H4,82,83,95)(H4,84,85,96)(H4,86,87,97)(H4,88,89,98)(H4,90,91,99);(H,6,7)/t50-,51-,52-,53-,54-,55-,56-,57-;/m0./s1. The zero-order valence-corrected chi connectivity index (χ0v) is 72.1. The van der Waals surface area contributed by atoms with Gasteiger partial charge in [0, 0.05) is 58.8 Å². The summed E-state index contributed by atoms with van der Waals surface area (Å²) in [6.45, 7) is 3.65. The highest BCUT2D eigenvalue weighted by molar-refractivity contribution is 5.98. The number of halogens is 3. The minimum absolute atomic E-state index is 0.000900. The summed E-state index contributed by atoms with van der Waals surface area (Å²) in [7, 11) is 0. The van der Waals surface area contributed by atoms with Gasteiger partial charge < -0.3 is 145 Å². The number of carbonyl (C=O) groups is 10. The summed E-state index contributed by atoms with van der Waals surface area (Å²) in [5, 5.41) is 29.5. The molecule has 706 valence electrons. The number of unbranched alkanes of at least 4 members (excludes halogenated alkanes) is 22. The van der Waals surface area contributed by atoms with Crippen LogP contribution in [0.2, 0.25) is 0 Å². The smallest absolute Gasteiger partial charge is 0.475 e. The van der Waals surface area contributed by atoms with Gasteiger partial charge in [0.05, 0.1) is 0 Å². The molecule has 0 rings (SSSR count). The Morgan fingerprint density at radius 1 is 0.244 bits per heavy atom. The lowest BCUT2D eigenvalue weighted by atomic mass is 10.0. The van der Waals surface area contributed by atoms with Crippen molar-refractivity contribution in [3.8, 4) is 0 Å². The van der Waals surface area contributed by atoms with Crippen LogP contribution < -0.4 is 140 Å². The van der Waals surface area contributed by atoms with E-state index < -0.39 is 108 Å². The fraction of sp³-hybridized carbons (Fsp3) is 0.763. The Bertz CT molecular complexity index is 3280. The van der Waals surface area contributed by atoms with Gasteiger partial charge in [-0.3, -0.25) is 83.1 Å². The third-order valence-corrected chi connectivity index (χ3v) is 18.9. The lowest BCUT2D eigenvalue weighted by molar-refractivity contribution is -0.192. The van der Waals surface area contributed by atoms with Gasteiger partial charge in [-0.1, -0.05) is 96.8 Å². The predicted molar refractivity (Wildman–Crippen MR) is 474 cm³/mol. The number of amides is 9. The number of aliphatic imine (C=N–C) groups is 8. The SMILES string of the molecule is CCCCCCCCCCCCCCCCCC(=O)N[C@@H](CCCCN=C(N)N)C(=O)N[C@@H](CCCCN=C(N)N)C(=O)N[C@@H](CCCCN=C(N)N)C(=O)N[C@@H](CCCCN=C(N)N)C(=O)N[C@@H](CCCCN=C(N)N)C(=O)N[C@@H](CCCCN=C(N)N)C(=O)N[C@@H](CCCCN=C(N)N)C(=O)N[C@@H](CCCCN=C(N)N)C(N)=O.O=C(O)C(F)(F)F. The van der Waals surface area contributed by atoms with E-state index in [1.165, 1.54) is 64.2 Å². The highest BCUT2D eigenvalue weighted by Crippen LogP contribution is 2.18. The maximum absolute atomic E-state index is 15.1. The van der Waals surface area contributed by atoms with Crippen molar-refractivity contribution in [2.24, 2.45) is 137 Å². The molecule has 0 spiro atoms. The minimum atomic E-state index is -5.08. The van der Waals surface area contributed by atoms with Gasteiger partial charge in [0.2, 0.25) is 53.2 Å². The minimum Gasteiger partial charge on any atom is -0.475 e. The summed E-state index contributed by atoms with van der Waals surface area (Å²) < 4.78 is 31.7. The molecule has 0 aromatic heterocycles. The number of carboxylic acids is 1. The second-order valence-electron chi connectivity index (χ2n) is 29.9. The molecule has 0 aliphatic rings. The largest absolute Gasteiger partial charge is 0.490 e. The average molecular weight is 1760 g/mol. The quantitative estimate of drug-likeness (QED) is 0.0174. The van der Waals surface area contributed by atoms with Gasteiger partial charge in [0.15, 0.2) is 47.7 Å². The molecule has 0 unspecified atom stereocenters. The van der Waals surface area contributed by atoms with Gasteiger partial charge in [-0.05, 0) is 161 Å². The van der Waals surface area contributed by atoms with Crippen LogP contribution >= 0.6 is 0 Å². The summed E-state index contributed by atoms with van der Waals surface area (Å²) in [6.07, 6.45) is 17.5. The van der Waals surface area contributed by atoms with Gasteiger partial charge >= 0.3 is 12.1 Å². The summed E-state index contributed by atoms with van der Waals surface area (Å²) in [5.41, 5.74) is 95.3. The first-order valence-corrected chi connectivity index (χ1v) is 42.8. The number of guanidine groups is 8.